The molecule has 6 nitrogen and oxygen atoms in total. The van der Waals surface area contributed by atoms with Gasteiger partial charge in [-0.15, -0.1) is 5.10 Å². The lowest BCUT2D eigenvalue weighted by Crippen LogP contribution is -2.00. The van der Waals surface area contributed by atoms with Gasteiger partial charge in [0.05, 0.1) is 11.2 Å². The number of aromatic nitrogens is 5. The van der Waals surface area contributed by atoms with Crippen molar-refractivity contribution in [1.82, 2.24) is 25.6 Å². The van der Waals surface area contributed by atoms with Gasteiger partial charge in [-0.25, -0.2) is 10.1 Å². The van der Waals surface area contributed by atoms with Gasteiger partial charge in [0.1, 0.15) is 18.2 Å². The first-order valence-corrected chi connectivity index (χ1v) is 9.58. The van der Waals surface area contributed by atoms with Crippen molar-refractivity contribution in [2.75, 3.05) is 0 Å². The van der Waals surface area contributed by atoms with E-state index < -0.39 is 0 Å². The van der Waals surface area contributed by atoms with E-state index in [9.17, 15) is 0 Å². The van der Waals surface area contributed by atoms with Crippen LogP contribution in [0.1, 0.15) is 42.8 Å². The first-order valence-electron chi connectivity index (χ1n) is 9.58. The number of para-hydroxylation sites is 1. The molecule has 0 radical (unpaired) electrons. The molecule has 4 aromatic rings. The molecule has 2 aromatic heterocycles. The number of aryl methyl sites for hydroxylation is 1. The molecule has 0 spiro atoms. The Labute approximate surface area is 164 Å². The first kappa shape index (κ1) is 18.1. The Kier molecular flexibility index (Phi) is 5.56. The predicted molar refractivity (Wildman–Crippen MR) is 108 cm³/mol. The first-order chi connectivity index (χ1) is 13.8. The number of nitrogens with one attached hydrogen (secondary N) is 1. The van der Waals surface area contributed by atoms with E-state index in [0.29, 0.717) is 12.5 Å². The van der Waals surface area contributed by atoms with Crippen LogP contribution < -0.4 is 4.74 Å². The average Bonchev–Trinajstić information content (AvgIpc) is 3.26. The van der Waals surface area contributed by atoms with Crippen LogP contribution in [-0.4, -0.2) is 25.6 Å². The largest absolute Gasteiger partial charge is 0.487 e. The molecule has 6 heteroatoms. The summed E-state index contributed by atoms with van der Waals surface area (Å²) in [5.41, 5.74) is 3.20. The number of pyridine rings is 1. The summed E-state index contributed by atoms with van der Waals surface area (Å²) in [6.07, 6.45) is 2.96. The summed E-state index contributed by atoms with van der Waals surface area (Å²) in [7, 11) is 0. The van der Waals surface area contributed by atoms with Crippen LogP contribution in [0.25, 0.3) is 10.9 Å². The van der Waals surface area contributed by atoms with Crippen molar-refractivity contribution in [3.05, 3.63) is 77.7 Å². The second-order valence-corrected chi connectivity index (χ2v) is 7.00. The summed E-state index contributed by atoms with van der Waals surface area (Å²) in [6, 6.07) is 20.6. The van der Waals surface area contributed by atoms with Gasteiger partial charge in [0.15, 0.2) is 0 Å². The third kappa shape index (κ3) is 4.52. The average molecular weight is 373 g/mol. The van der Waals surface area contributed by atoms with Crippen molar-refractivity contribution in [2.45, 2.75) is 38.7 Å². The molecule has 28 heavy (non-hydrogen) atoms. The molecule has 0 bridgehead atoms. The van der Waals surface area contributed by atoms with Crippen molar-refractivity contribution in [2.24, 2.45) is 0 Å². The third-order valence-electron chi connectivity index (χ3n) is 4.91. The Morgan fingerprint density at radius 3 is 2.86 bits per heavy atom. The summed E-state index contributed by atoms with van der Waals surface area (Å²) in [6.45, 7) is 2.70. The highest BCUT2D eigenvalue weighted by molar-refractivity contribution is 5.78. The number of aromatic amines is 1. The van der Waals surface area contributed by atoms with Crippen LogP contribution in [0.4, 0.5) is 0 Å². The Bertz CT molecular complexity index is 1030. The normalized spacial score (nSPS) is 12.2. The number of H-pyrrole nitrogens is 1. The molecule has 0 aliphatic rings. The molecule has 0 aliphatic heterocycles. The molecule has 0 aliphatic carbocycles. The second-order valence-electron chi connectivity index (χ2n) is 7.00. The number of fused-ring (bicyclic) bond motifs is 1. The van der Waals surface area contributed by atoms with Gasteiger partial charge in [-0.3, -0.25) is 0 Å². The fourth-order valence-corrected chi connectivity index (χ4v) is 3.28. The van der Waals surface area contributed by atoms with Crippen LogP contribution in [0, 0.1) is 0 Å². The van der Waals surface area contributed by atoms with Crippen LogP contribution in [-0.2, 0) is 13.0 Å². The van der Waals surface area contributed by atoms with Gasteiger partial charge in [-0.1, -0.05) is 43.3 Å². The summed E-state index contributed by atoms with van der Waals surface area (Å²) < 4.78 is 6.00. The fraction of sp³-hybridized carbons (Fsp3) is 0.273. The summed E-state index contributed by atoms with van der Waals surface area (Å²) in [4.78, 5) is 4.67. The van der Waals surface area contributed by atoms with E-state index in [2.05, 4.69) is 62.9 Å². The van der Waals surface area contributed by atoms with Crippen LogP contribution >= 0.6 is 0 Å². The highest BCUT2D eigenvalue weighted by Gasteiger charge is 2.08. The molecule has 0 fully saturated rings. The van der Waals surface area contributed by atoms with Gasteiger partial charge < -0.3 is 4.74 Å². The Balaban J connectivity index is 1.34. The zero-order valence-electron chi connectivity index (χ0n) is 15.9. The minimum atomic E-state index is 0.443. The van der Waals surface area contributed by atoms with Gasteiger partial charge in [-0.05, 0) is 59.0 Å². The zero-order valence-corrected chi connectivity index (χ0v) is 15.9. The predicted octanol–water partition coefficient (Wildman–Crippen LogP) is 4.45. The molecule has 4 rings (SSSR count). The van der Waals surface area contributed by atoms with Crippen molar-refractivity contribution < 1.29 is 4.74 Å². The molecule has 2 heterocycles. The number of hydrogen-bond donors (Lipinski definition) is 1. The quantitative estimate of drug-likeness (QED) is 0.494. The van der Waals surface area contributed by atoms with E-state index in [1.165, 1.54) is 5.56 Å². The molecule has 0 amide bonds. The SMILES string of the molecule is CC(CCCc1nnn[nH]1)c1cccc(OCc2ccc3ccccc3n2)c1. The molecular formula is C22H23N5O. The smallest absolute Gasteiger partial charge is 0.148 e. The maximum absolute atomic E-state index is 6.00. The van der Waals surface area contributed by atoms with E-state index in [0.717, 1.165) is 47.4 Å². The standard InChI is InChI=1S/C22H23N5O/c1-16(6-4-11-22-24-26-27-25-22)18-8-5-9-20(14-18)28-15-19-13-12-17-7-2-3-10-21(17)23-19/h2-3,5,7-10,12-14,16H,4,6,11,15H2,1H3,(H,24,25,26,27). The molecule has 142 valence electrons. The van der Waals surface area contributed by atoms with Crippen molar-refractivity contribution in [3.8, 4) is 5.75 Å². The minimum absolute atomic E-state index is 0.443. The maximum Gasteiger partial charge on any atom is 0.148 e. The molecule has 0 saturated heterocycles. The number of tetrazole rings is 1. The maximum atomic E-state index is 6.00. The van der Waals surface area contributed by atoms with Gasteiger partial charge in [0.2, 0.25) is 0 Å². The van der Waals surface area contributed by atoms with Crippen molar-refractivity contribution >= 4 is 10.9 Å². The van der Waals surface area contributed by atoms with Gasteiger partial charge >= 0.3 is 0 Å². The van der Waals surface area contributed by atoms with Crippen molar-refractivity contribution in [3.63, 3.8) is 0 Å². The summed E-state index contributed by atoms with van der Waals surface area (Å²) in [5, 5.41) is 15.1. The second kappa shape index (κ2) is 8.61. The summed E-state index contributed by atoms with van der Waals surface area (Å²) in [5.74, 6) is 2.16. The van der Waals surface area contributed by atoms with Crippen LogP contribution in [0.5, 0.6) is 5.75 Å². The van der Waals surface area contributed by atoms with E-state index >= 15 is 0 Å². The third-order valence-corrected chi connectivity index (χ3v) is 4.91. The van der Waals surface area contributed by atoms with E-state index in [4.69, 9.17) is 4.74 Å². The van der Waals surface area contributed by atoms with Gasteiger partial charge in [0, 0.05) is 11.8 Å². The number of rotatable bonds is 8. The molecular weight excluding hydrogens is 350 g/mol. The van der Waals surface area contributed by atoms with E-state index in [1.54, 1.807) is 0 Å². The highest BCUT2D eigenvalue weighted by atomic mass is 16.5. The molecule has 1 atom stereocenters. The number of nitrogens with zero attached hydrogens (tertiary/aromatic N) is 4. The van der Waals surface area contributed by atoms with E-state index in [-0.39, 0.29) is 0 Å². The fourth-order valence-electron chi connectivity index (χ4n) is 3.28. The Morgan fingerprint density at radius 2 is 1.96 bits per heavy atom. The molecule has 1 unspecified atom stereocenters. The zero-order chi connectivity index (χ0) is 19.2. The van der Waals surface area contributed by atoms with Crippen molar-refractivity contribution in [1.29, 1.82) is 0 Å². The molecule has 2 aromatic carbocycles. The number of benzene rings is 2. The lowest BCUT2D eigenvalue weighted by molar-refractivity contribution is 0.301. The number of ether oxygens (including phenoxy) is 1. The van der Waals surface area contributed by atoms with E-state index in [1.807, 2.05) is 30.3 Å². The Morgan fingerprint density at radius 1 is 1.04 bits per heavy atom. The Hall–Kier alpha value is -3.28. The lowest BCUT2D eigenvalue weighted by atomic mass is 9.95. The highest BCUT2D eigenvalue weighted by Crippen LogP contribution is 2.25. The monoisotopic (exact) mass is 373 g/mol. The number of hydrogen-bond acceptors (Lipinski definition) is 5. The minimum Gasteiger partial charge on any atom is -0.487 e. The summed E-state index contributed by atoms with van der Waals surface area (Å²) >= 11 is 0. The van der Waals surface area contributed by atoms with Gasteiger partial charge in [0.25, 0.3) is 0 Å². The molecule has 1 N–H and O–H groups in total. The molecule has 0 saturated carbocycles. The van der Waals surface area contributed by atoms with Gasteiger partial charge in [-0.2, -0.15) is 0 Å². The van der Waals surface area contributed by atoms with Crippen LogP contribution in [0.3, 0.4) is 0 Å². The lowest BCUT2D eigenvalue weighted by Gasteiger charge is -2.13. The van der Waals surface area contributed by atoms with Crippen LogP contribution in [0.2, 0.25) is 0 Å². The topological polar surface area (TPSA) is 76.6 Å². The van der Waals surface area contributed by atoms with Crippen LogP contribution in [0.15, 0.2) is 60.7 Å².